The lowest BCUT2D eigenvalue weighted by molar-refractivity contribution is 0.0920. The van der Waals surface area contributed by atoms with Gasteiger partial charge in [0.15, 0.2) is 10.8 Å². The first kappa shape index (κ1) is 24.5. The van der Waals surface area contributed by atoms with Crippen LogP contribution >= 0.6 is 22.9 Å². The van der Waals surface area contributed by atoms with Gasteiger partial charge in [-0.05, 0) is 31.2 Å². The van der Waals surface area contributed by atoms with Gasteiger partial charge in [0.2, 0.25) is 11.8 Å². The van der Waals surface area contributed by atoms with Crippen LogP contribution in [0.5, 0.6) is 17.2 Å². The van der Waals surface area contributed by atoms with E-state index in [1.54, 1.807) is 44.4 Å². The van der Waals surface area contributed by atoms with Crippen molar-refractivity contribution >= 4 is 39.7 Å². The van der Waals surface area contributed by atoms with E-state index in [4.69, 9.17) is 36.0 Å². The zero-order chi connectivity index (χ0) is 24.9. The second-order valence-corrected chi connectivity index (χ2v) is 9.06. The van der Waals surface area contributed by atoms with E-state index in [0.717, 1.165) is 16.9 Å². The van der Waals surface area contributed by atoms with Gasteiger partial charge in [-0.15, -0.1) is 10.2 Å². The number of nitrogens with two attached hydrogens (primary N) is 1. The molecule has 0 aliphatic rings. The predicted octanol–water partition coefficient (Wildman–Crippen LogP) is 5.20. The normalized spacial score (nSPS) is 11.8. The number of aryl methyl sites for hydroxylation is 1. The van der Waals surface area contributed by atoms with Crippen molar-refractivity contribution in [3.05, 3.63) is 58.4 Å². The summed E-state index contributed by atoms with van der Waals surface area (Å²) in [6, 6.07) is 12.5. The molecule has 4 aromatic rings. The number of methoxy groups -OCH3 is 1. The smallest absolute Gasteiger partial charge is 0.269 e. The molecule has 12 heteroatoms. The van der Waals surface area contributed by atoms with Gasteiger partial charge in [-0.2, -0.15) is 0 Å². The van der Waals surface area contributed by atoms with Crippen LogP contribution in [0, 0.1) is 6.92 Å². The molecule has 10 nitrogen and oxygen atoms in total. The molecule has 35 heavy (non-hydrogen) atoms. The third-order valence-corrected chi connectivity index (χ3v) is 5.72. The van der Waals surface area contributed by atoms with Gasteiger partial charge in [-0.25, -0.2) is 4.98 Å². The van der Waals surface area contributed by atoms with Crippen LogP contribution in [0.4, 0.5) is 10.8 Å². The Balaban J connectivity index is 1.58. The minimum Gasteiger partial charge on any atom is -0.488 e. The molecule has 0 saturated heterocycles. The summed E-state index contributed by atoms with van der Waals surface area (Å²) in [7, 11) is 1.61. The van der Waals surface area contributed by atoms with Gasteiger partial charge in [0, 0.05) is 43.5 Å². The molecular weight excluding hydrogens is 494 g/mol. The monoisotopic (exact) mass is 515 g/mol. The van der Waals surface area contributed by atoms with E-state index < -0.39 is 5.91 Å². The standard InChI is InChI=1S/C23H22ClN5O5S/c1-12(11-31-3)32-17-8-15(26-23-27-19(21(25)30)20(24)35-23)9-18(10-17)34-16-6-4-14(5-7-16)22-29-28-13(2)33-22/h4-10,12H,11H2,1-3H3,(H2,25,30)(H,26,27). The Morgan fingerprint density at radius 1 is 1.17 bits per heavy atom. The number of amides is 1. The lowest BCUT2D eigenvalue weighted by Gasteiger charge is -2.16. The van der Waals surface area contributed by atoms with E-state index in [0.29, 0.717) is 46.5 Å². The fourth-order valence-corrected chi connectivity index (χ4v) is 4.19. The third kappa shape index (κ3) is 6.27. The number of hydrogen-bond donors (Lipinski definition) is 2. The van der Waals surface area contributed by atoms with Crippen molar-refractivity contribution in [1.29, 1.82) is 0 Å². The van der Waals surface area contributed by atoms with Crippen LogP contribution in [-0.4, -0.2) is 40.9 Å². The number of hydrogen-bond acceptors (Lipinski definition) is 10. The number of carbonyl (C=O) groups is 1. The van der Waals surface area contributed by atoms with Crippen molar-refractivity contribution in [1.82, 2.24) is 15.2 Å². The van der Waals surface area contributed by atoms with Crippen LogP contribution in [0.1, 0.15) is 23.3 Å². The molecule has 2 heterocycles. The summed E-state index contributed by atoms with van der Waals surface area (Å²) in [4.78, 5) is 15.6. The van der Waals surface area contributed by atoms with Crippen molar-refractivity contribution in [3.63, 3.8) is 0 Å². The second-order valence-electron chi connectivity index (χ2n) is 7.46. The first-order valence-corrected chi connectivity index (χ1v) is 11.6. The zero-order valence-corrected chi connectivity index (χ0v) is 20.6. The molecule has 0 fully saturated rings. The summed E-state index contributed by atoms with van der Waals surface area (Å²) in [5, 5.41) is 11.4. The number of ether oxygens (including phenoxy) is 3. The maximum absolute atomic E-state index is 11.5. The lowest BCUT2D eigenvalue weighted by atomic mass is 10.2. The van der Waals surface area contributed by atoms with E-state index in [-0.39, 0.29) is 16.1 Å². The van der Waals surface area contributed by atoms with Gasteiger partial charge < -0.3 is 29.7 Å². The van der Waals surface area contributed by atoms with Crippen LogP contribution in [0.3, 0.4) is 0 Å². The molecule has 2 aromatic carbocycles. The summed E-state index contributed by atoms with van der Waals surface area (Å²) >= 11 is 7.17. The largest absolute Gasteiger partial charge is 0.488 e. The number of nitrogens with one attached hydrogen (secondary N) is 1. The molecule has 0 bridgehead atoms. The summed E-state index contributed by atoms with van der Waals surface area (Å²) in [6.07, 6.45) is -0.198. The molecule has 0 spiro atoms. The summed E-state index contributed by atoms with van der Waals surface area (Å²) in [5.41, 5.74) is 6.71. The van der Waals surface area contributed by atoms with Gasteiger partial charge in [0.1, 0.15) is 27.7 Å². The Morgan fingerprint density at radius 2 is 1.91 bits per heavy atom. The third-order valence-electron chi connectivity index (χ3n) is 4.55. The topological polar surface area (TPSA) is 135 Å². The number of benzene rings is 2. The molecule has 0 aliphatic carbocycles. The molecule has 4 rings (SSSR count). The van der Waals surface area contributed by atoms with E-state index in [2.05, 4.69) is 20.5 Å². The fraction of sp³-hybridized carbons (Fsp3) is 0.217. The van der Waals surface area contributed by atoms with E-state index in [1.165, 1.54) is 0 Å². The average molecular weight is 516 g/mol. The number of halogens is 1. The molecule has 0 saturated carbocycles. The molecule has 0 radical (unpaired) electrons. The highest BCUT2D eigenvalue weighted by atomic mass is 35.5. The van der Waals surface area contributed by atoms with Crippen LogP contribution in [-0.2, 0) is 4.74 Å². The van der Waals surface area contributed by atoms with Gasteiger partial charge >= 0.3 is 0 Å². The van der Waals surface area contributed by atoms with Gasteiger partial charge in [0.05, 0.1) is 6.61 Å². The SMILES string of the molecule is COCC(C)Oc1cc(Nc2nc(C(N)=O)c(Cl)s2)cc(Oc2ccc(-c3nnc(C)o3)cc2)c1. The maximum atomic E-state index is 11.5. The maximum Gasteiger partial charge on any atom is 0.269 e. The van der Waals surface area contributed by atoms with Crippen molar-refractivity contribution in [3.8, 4) is 28.7 Å². The van der Waals surface area contributed by atoms with Gasteiger partial charge in [-0.1, -0.05) is 22.9 Å². The highest BCUT2D eigenvalue weighted by Crippen LogP contribution is 2.35. The number of nitrogens with zero attached hydrogens (tertiary/aromatic N) is 3. The minimum atomic E-state index is -0.701. The molecule has 3 N–H and O–H groups in total. The number of aromatic nitrogens is 3. The first-order chi connectivity index (χ1) is 16.8. The highest BCUT2D eigenvalue weighted by molar-refractivity contribution is 7.19. The molecule has 1 amide bonds. The fourth-order valence-electron chi connectivity index (χ4n) is 3.12. The van der Waals surface area contributed by atoms with Crippen LogP contribution in [0.2, 0.25) is 4.34 Å². The molecule has 182 valence electrons. The predicted molar refractivity (Wildman–Crippen MR) is 132 cm³/mol. The number of carbonyl (C=O) groups excluding carboxylic acids is 1. The lowest BCUT2D eigenvalue weighted by Crippen LogP contribution is -2.18. The van der Waals surface area contributed by atoms with Crippen molar-refractivity contribution in [2.24, 2.45) is 5.73 Å². The van der Waals surface area contributed by atoms with Crippen LogP contribution in [0.15, 0.2) is 46.9 Å². The van der Waals surface area contributed by atoms with E-state index in [1.807, 2.05) is 19.1 Å². The number of primary amides is 1. The van der Waals surface area contributed by atoms with Crippen LogP contribution < -0.4 is 20.5 Å². The quantitative estimate of drug-likeness (QED) is 0.292. The summed E-state index contributed by atoms with van der Waals surface area (Å²) in [5.74, 6) is 1.86. The van der Waals surface area contributed by atoms with Crippen molar-refractivity contribution < 1.29 is 23.4 Å². The van der Waals surface area contributed by atoms with E-state index in [9.17, 15) is 4.79 Å². The molecule has 1 unspecified atom stereocenters. The highest BCUT2D eigenvalue weighted by Gasteiger charge is 2.16. The van der Waals surface area contributed by atoms with Crippen molar-refractivity contribution in [2.45, 2.75) is 20.0 Å². The second kappa shape index (κ2) is 10.7. The number of thiazole rings is 1. The zero-order valence-electron chi connectivity index (χ0n) is 19.1. The van der Waals surface area contributed by atoms with Crippen LogP contribution in [0.25, 0.3) is 11.5 Å². The summed E-state index contributed by atoms with van der Waals surface area (Å²) in [6.45, 7) is 4.03. The number of anilines is 2. The molecular formula is C23H22ClN5O5S. The first-order valence-electron chi connectivity index (χ1n) is 10.4. The average Bonchev–Trinajstić information content (AvgIpc) is 3.39. The summed E-state index contributed by atoms with van der Waals surface area (Å²) < 4.78 is 22.9. The van der Waals surface area contributed by atoms with Gasteiger partial charge in [0.25, 0.3) is 5.91 Å². The van der Waals surface area contributed by atoms with E-state index >= 15 is 0 Å². The Morgan fingerprint density at radius 3 is 2.54 bits per heavy atom. The Kier molecular flexibility index (Phi) is 7.49. The van der Waals surface area contributed by atoms with Gasteiger partial charge in [-0.3, -0.25) is 4.79 Å². The minimum absolute atomic E-state index is 0.00768. The Bertz CT molecular complexity index is 1320. The van der Waals surface area contributed by atoms with Crippen molar-refractivity contribution in [2.75, 3.05) is 19.0 Å². The molecule has 2 aromatic heterocycles. The molecule has 1 atom stereocenters. The Labute approximate surface area is 210 Å². The Hall–Kier alpha value is -3.67. The number of rotatable bonds is 10. The molecule has 0 aliphatic heterocycles.